The Morgan fingerprint density at radius 2 is 2.28 bits per heavy atom. The molecule has 0 fully saturated rings. The van der Waals surface area contributed by atoms with Gasteiger partial charge in [-0.25, -0.2) is 4.98 Å². The average Bonchev–Trinajstić information content (AvgIpc) is 2.64. The Labute approximate surface area is 108 Å². The predicted octanol–water partition coefficient (Wildman–Crippen LogP) is 1.40. The Hall–Kier alpha value is -1.56. The number of imidazole rings is 1. The summed E-state index contributed by atoms with van der Waals surface area (Å²) < 4.78 is 18.2. The van der Waals surface area contributed by atoms with Crippen LogP contribution >= 0.6 is 0 Å². The van der Waals surface area contributed by atoms with Gasteiger partial charge in [-0.2, -0.15) is 0 Å². The van der Waals surface area contributed by atoms with Gasteiger partial charge in [-0.15, -0.1) is 0 Å². The van der Waals surface area contributed by atoms with Gasteiger partial charge in [-0.1, -0.05) is 0 Å². The van der Waals surface area contributed by atoms with E-state index >= 15 is 0 Å². The van der Waals surface area contributed by atoms with Crippen molar-refractivity contribution in [2.75, 3.05) is 24.9 Å². The number of fused-ring (bicyclic) bond motifs is 1. The minimum atomic E-state index is -0.773. The number of rotatable bonds is 5. The fourth-order valence-corrected chi connectivity index (χ4v) is 2.44. The van der Waals surface area contributed by atoms with Gasteiger partial charge >= 0.3 is 0 Å². The first-order valence-corrected chi connectivity index (χ1v) is 7.44. The number of ether oxygens (including phenoxy) is 1. The third-order valence-electron chi connectivity index (χ3n) is 2.80. The number of nitrogens with two attached hydrogens (primary N) is 1. The molecule has 98 valence electrons. The molecule has 0 radical (unpaired) electrons. The highest BCUT2D eigenvalue weighted by atomic mass is 32.2. The standard InChI is InChI=1S/C12H17N3O2S/c1-17-9-4-5-10-11(8-9)15(12(13)14-10)6-3-7-18(2)16/h4-5,8H,3,6-7H2,1-2H3,(H2,13,14). The van der Waals surface area contributed by atoms with E-state index in [1.807, 2.05) is 22.8 Å². The summed E-state index contributed by atoms with van der Waals surface area (Å²) in [5.74, 6) is 1.94. The van der Waals surface area contributed by atoms with Crippen LogP contribution in [0.1, 0.15) is 6.42 Å². The summed E-state index contributed by atoms with van der Waals surface area (Å²) >= 11 is 0. The molecule has 1 heterocycles. The van der Waals surface area contributed by atoms with E-state index in [1.54, 1.807) is 13.4 Å². The molecule has 0 saturated carbocycles. The summed E-state index contributed by atoms with van der Waals surface area (Å²) in [4.78, 5) is 4.30. The van der Waals surface area contributed by atoms with E-state index in [4.69, 9.17) is 10.5 Å². The Bertz CT molecular complexity index is 580. The average molecular weight is 267 g/mol. The van der Waals surface area contributed by atoms with Crippen LogP contribution in [0.25, 0.3) is 11.0 Å². The Morgan fingerprint density at radius 1 is 1.50 bits per heavy atom. The molecular formula is C12H17N3O2S. The summed E-state index contributed by atoms with van der Waals surface area (Å²) in [6, 6.07) is 5.67. The van der Waals surface area contributed by atoms with E-state index in [1.165, 1.54) is 0 Å². The highest BCUT2D eigenvalue weighted by Crippen LogP contribution is 2.23. The molecule has 0 saturated heterocycles. The van der Waals surface area contributed by atoms with Crippen molar-refractivity contribution in [1.29, 1.82) is 0 Å². The number of nitrogen functional groups attached to an aromatic ring is 1. The molecule has 1 aromatic carbocycles. The number of nitrogens with zero attached hydrogens (tertiary/aromatic N) is 2. The summed E-state index contributed by atoms with van der Waals surface area (Å²) in [6.45, 7) is 0.717. The molecule has 0 spiro atoms. The van der Waals surface area contributed by atoms with Gasteiger partial charge in [0.05, 0.1) is 18.1 Å². The lowest BCUT2D eigenvalue weighted by molar-refractivity contribution is 0.415. The minimum absolute atomic E-state index is 0.486. The molecule has 0 aliphatic carbocycles. The van der Waals surface area contributed by atoms with Crippen LogP contribution in [0.5, 0.6) is 5.75 Å². The summed E-state index contributed by atoms with van der Waals surface area (Å²) in [5, 5.41) is 0. The molecule has 1 atom stereocenters. The van der Waals surface area contributed by atoms with Crippen LogP contribution in [-0.2, 0) is 17.3 Å². The first kappa shape index (κ1) is 12.9. The van der Waals surface area contributed by atoms with Gasteiger partial charge in [0, 0.05) is 35.4 Å². The Kier molecular flexibility index (Phi) is 3.86. The topological polar surface area (TPSA) is 70.1 Å². The van der Waals surface area contributed by atoms with Crippen molar-refractivity contribution in [3.05, 3.63) is 18.2 Å². The van der Waals surface area contributed by atoms with E-state index in [0.29, 0.717) is 11.7 Å². The van der Waals surface area contributed by atoms with E-state index in [0.717, 1.165) is 29.7 Å². The SMILES string of the molecule is COc1ccc2nc(N)n(CCCS(C)=O)c2c1. The van der Waals surface area contributed by atoms with Crippen molar-refractivity contribution >= 4 is 27.8 Å². The van der Waals surface area contributed by atoms with Crippen LogP contribution in [0.4, 0.5) is 5.95 Å². The molecule has 0 aliphatic rings. The highest BCUT2D eigenvalue weighted by molar-refractivity contribution is 7.84. The van der Waals surface area contributed by atoms with Crippen molar-refractivity contribution in [2.45, 2.75) is 13.0 Å². The molecular weight excluding hydrogens is 250 g/mol. The van der Waals surface area contributed by atoms with Crippen LogP contribution in [0.3, 0.4) is 0 Å². The fraction of sp³-hybridized carbons (Fsp3) is 0.417. The third-order valence-corrected chi connectivity index (χ3v) is 3.66. The number of benzene rings is 1. The Morgan fingerprint density at radius 3 is 2.94 bits per heavy atom. The monoisotopic (exact) mass is 267 g/mol. The molecule has 5 nitrogen and oxygen atoms in total. The zero-order chi connectivity index (χ0) is 13.1. The maximum Gasteiger partial charge on any atom is 0.201 e. The molecule has 0 bridgehead atoms. The van der Waals surface area contributed by atoms with Gasteiger partial charge in [0.1, 0.15) is 5.75 Å². The maximum atomic E-state index is 11.1. The zero-order valence-electron chi connectivity index (χ0n) is 10.5. The van der Waals surface area contributed by atoms with E-state index < -0.39 is 10.8 Å². The number of hydrogen-bond donors (Lipinski definition) is 1. The van der Waals surface area contributed by atoms with Crippen LogP contribution in [0.2, 0.25) is 0 Å². The first-order chi connectivity index (χ1) is 8.61. The molecule has 2 N–H and O–H groups in total. The molecule has 2 aromatic rings. The normalized spacial score (nSPS) is 12.8. The fourth-order valence-electron chi connectivity index (χ4n) is 1.91. The van der Waals surface area contributed by atoms with Crippen molar-refractivity contribution in [3.8, 4) is 5.75 Å². The molecule has 18 heavy (non-hydrogen) atoms. The van der Waals surface area contributed by atoms with Crippen molar-refractivity contribution in [1.82, 2.24) is 9.55 Å². The van der Waals surface area contributed by atoms with Gasteiger partial charge in [0.2, 0.25) is 5.95 Å². The second-order valence-corrected chi connectivity index (χ2v) is 5.66. The van der Waals surface area contributed by atoms with E-state index in [2.05, 4.69) is 4.98 Å². The minimum Gasteiger partial charge on any atom is -0.497 e. The van der Waals surface area contributed by atoms with Gasteiger partial charge < -0.3 is 15.0 Å². The Balaban J connectivity index is 2.29. The lowest BCUT2D eigenvalue weighted by Gasteiger charge is -2.06. The number of methoxy groups -OCH3 is 1. The largest absolute Gasteiger partial charge is 0.497 e. The van der Waals surface area contributed by atoms with E-state index in [-0.39, 0.29) is 0 Å². The number of aromatic nitrogens is 2. The van der Waals surface area contributed by atoms with Crippen LogP contribution in [0.15, 0.2) is 18.2 Å². The van der Waals surface area contributed by atoms with E-state index in [9.17, 15) is 4.21 Å². The second-order valence-electron chi connectivity index (χ2n) is 4.11. The molecule has 0 amide bonds. The van der Waals surface area contributed by atoms with Crippen molar-refractivity contribution in [2.24, 2.45) is 0 Å². The molecule has 1 unspecified atom stereocenters. The maximum absolute atomic E-state index is 11.1. The smallest absolute Gasteiger partial charge is 0.201 e. The van der Waals surface area contributed by atoms with Crippen LogP contribution in [-0.4, -0.2) is 32.9 Å². The van der Waals surface area contributed by atoms with Gasteiger partial charge in [0.25, 0.3) is 0 Å². The van der Waals surface area contributed by atoms with Gasteiger partial charge in [-0.3, -0.25) is 4.21 Å². The predicted molar refractivity (Wildman–Crippen MR) is 74.2 cm³/mol. The van der Waals surface area contributed by atoms with Gasteiger partial charge in [0.15, 0.2) is 0 Å². The zero-order valence-corrected chi connectivity index (χ0v) is 11.4. The highest BCUT2D eigenvalue weighted by Gasteiger charge is 2.09. The van der Waals surface area contributed by atoms with Crippen molar-refractivity contribution < 1.29 is 8.95 Å². The molecule has 2 rings (SSSR count). The lowest BCUT2D eigenvalue weighted by atomic mass is 10.3. The number of anilines is 1. The summed E-state index contributed by atoms with van der Waals surface area (Å²) in [6.07, 6.45) is 2.52. The molecule has 0 aliphatic heterocycles. The number of hydrogen-bond acceptors (Lipinski definition) is 4. The van der Waals surface area contributed by atoms with Crippen molar-refractivity contribution in [3.63, 3.8) is 0 Å². The third kappa shape index (κ3) is 2.64. The lowest BCUT2D eigenvalue weighted by Crippen LogP contribution is -2.06. The quantitative estimate of drug-likeness (QED) is 0.889. The van der Waals surface area contributed by atoms with Crippen LogP contribution in [0, 0.1) is 0 Å². The van der Waals surface area contributed by atoms with Crippen LogP contribution < -0.4 is 10.5 Å². The first-order valence-electron chi connectivity index (χ1n) is 5.71. The van der Waals surface area contributed by atoms with Gasteiger partial charge in [-0.05, 0) is 18.6 Å². The number of aryl methyl sites for hydroxylation is 1. The molecule has 6 heteroatoms. The molecule has 1 aromatic heterocycles. The summed E-state index contributed by atoms with van der Waals surface area (Å²) in [5.41, 5.74) is 7.70. The second kappa shape index (κ2) is 5.39. The summed E-state index contributed by atoms with van der Waals surface area (Å²) in [7, 11) is 0.858.